The summed E-state index contributed by atoms with van der Waals surface area (Å²) in [6, 6.07) is 0. The third-order valence-electron chi connectivity index (χ3n) is 1.65. The molecule has 0 saturated heterocycles. The first kappa shape index (κ1) is 12.9. The zero-order valence-electron chi connectivity index (χ0n) is 9.00. The quantitative estimate of drug-likeness (QED) is 0.520. The van der Waals surface area contributed by atoms with Gasteiger partial charge in [0.05, 0.1) is 0 Å². The van der Waals surface area contributed by atoms with Crippen molar-refractivity contribution < 1.29 is 14.6 Å². The van der Waals surface area contributed by atoms with Gasteiger partial charge in [-0.3, -0.25) is 4.79 Å². The minimum Gasteiger partial charge on any atom is -0.480 e. The summed E-state index contributed by atoms with van der Waals surface area (Å²) in [5, 5.41) is 19.9. The van der Waals surface area contributed by atoms with Gasteiger partial charge in [-0.25, -0.2) is 4.68 Å². The molecule has 0 atom stereocenters. The van der Waals surface area contributed by atoms with Gasteiger partial charge in [0.15, 0.2) is 0 Å². The number of ether oxygens (including phenoxy) is 1. The Morgan fingerprint density at radius 3 is 3.12 bits per heavy atom. The van der Waals surface area contributed by atoms with E-state index in [1.807, 2.05) is 6.92 Å². The number of carboxylic acids is 1. The van der Waals surface area contributed by atoms with Gasteiger partial charge in [0, 0.05) is 19.0 Å². The lowest BCUT2D eigenvalue weighted by molar-refractivity contribution is -0.138. The lowest BCUT2D eigenvalue weighted by Crippen LogP contribution is -2.11. The fraction of sp³-hybridized carbons (Fsp3) is 0.750. The molecule has 7 nitrogen and oxygen atoms in total. The maximum absolute atomic E-state index is 10.5. The second kappa shape index (κ2) is 7.18. The molecule has 0 bridgehead atoms. The smallest absolute Gasteiger partial charge is 0.325 e. The van der Waals surface area contributed by atoms with Crippen molar-refractivity contribution in [1.82, 2.24) is 20.2 Å². The number of aromatic nitrogens is 4. The number of carbonyl (C=O) groups is 1. The highest BCUT2D eigenvalue weighted by Gasteiger charge is 2.09. The minimum atomic E-state index is -0.955. The van der Waals surface area contributed by atoms with E-state index in [0.29, 0.717) is 18.4 Å². The normalized spacial score (nSPS) is 10.6. The van der Waals surface area contributed by atoms with Gasteiger partial charge in [0.1, 0.15) is 6.54 Å². The van der Waals surface area contributed by atoms with Crippen molar-refractivity contribution in [3.05, 3.63) is 0 Å². The number of nitrogens with zero attached hydrogens (tertiary/aromatic N) is 4. The Bertz CT molecular complexity index is 331. The average molecular weight is 246 g/mol. The summed E-state index contributed by atoms with van der Waals surface area (Å²) >= 11 is 1.43. The van der Waals surface area contributed by atoms with Crippen molar-refractivity contribution in [2.24, 2.45) is 0 Å². The van der Waals surface area contributed by atoms with E-state index in [9.17, 15) is 4.79 Å². The number of aliphatic carboxylic acids is 1. The number of carboxylic acid groups (broad SMARTS) is 1. The summed E-state index contributed by atoms with van der Waals surface area (Å²) in [6.45, 7) is 3.15. The molecule has 1 N–H and O–H groups in total. The van der Waals surface area contributed by atoms with Crippen LogP contribution in [0.4, 0.5) is 0 Å². The molecule has 8 heteroatoms. The van der Waals surface area contributed by atoms with Crippen LogP contribution in [0.25, 0.3) is 0 Å². The highest BCUT2D eigenvalue weighted by atomic mass is 32.2. The van der Waals surface area contributed by atoms with E-state index in [4.69, 9.17) is 9.84 Å². The van der Waals surface area contributed by atoms with Gasteiger partial charge in [0.2, 0.25) is 5.16 Å². The summed E-state index contributed by atoms with van der Waals surface area (Å²) in [5.41, 5.74) is 0. The van der Waals surface area contributed by atoms with Crippen LogP contribution in [-0.2, 0) is 16.1 Å². The summed E-state index contributed by atoms with van der Waals surface area (Å²) in [4.78, 5) is 10.5. The lowest BCUT2D eigenvalue weighted by Gasteiger charge is -2.01. The maximum Gasteiger partial charge on any atom is 0.325 e. The molecule has 90 valence electrons. The molecule has 0 aliphatic carbocycles. The van der Waals surface area contributed by atoms with Gasteiger partial charge in [-0.15, -0.1) is 5.10 Å². The second-order valence-electron chi connectivity index (χ2n) is 2.91. The lowest BCUT2D eigenvalue weighted by atomic mass is 10.5. The van der Waals surface area contributed by atoms with E-state index in [1.165, 1.54) is 16.4 Å². The SMILES string of the molecule is CCOCCCSc1nnnn1CC(=O)O. The Morgan fingerprint density at radius 1 is 1.62 bits per heavy atom. The molecule has 0 fully saturated rings. The van der Waals surface area contributed by atoms with Gasteiger partial charge in [-0.05, 0) is 23.8 Å². The van der Waals surface area contributed by atoms with E-state index < -0.39 is 5.97 Å². The van der Waals surface area contributed by atoms with Crippen LogP contribution >= 0.6 is 11.8 Å². The fourth-order valence-corrected chi connectivity index (χ4v) is 1.79. The maximum atomic E-state index is 10.5. The molecule has 1 aromatic rings. The van der Waals surface area contributed by atoms with Crippen LogP contribution in [0.15, 0.2) is 5.16 Å². The van der Waals surface area contributed by atoms with Crippen LogP contribution in [0.1, 0.15) is 13.3 Å². The number of rotatable bonds is 8. The van der Waals surface area contributed by atoms with Gasteiger partial charge in [0.25, 0.3) is 0 Å². The van der Waals surface area contributed by atoms with Crippen molar-refractivity contribution in [2.45, 2.75) is 25.0 Å². The molecule has 16 heavy (non-hydrogen) atoms. The van der Waals surface area contributed by atoms with E-state index in [-0.39, 0.29) is 6.54 Å². The average Bonchev–Trinajstić information content (AvgIpc) is 2.64. The van der Waals surface area contributed by atoms with Crippen LogP contribution < -0.4 is 0 Å². The predicted molar refractivity (Wildman–Crippen MR) is 57.3 cm³/mol. The highest BCUT2D eigenvalue weighted by Crippen LogP contribution is 2.14. The second-order valence-corrected chi connectivity index (χ2v) is 3.97. The van der Waals surface area contributed by atoms with Crippen LogP contribution in [-0.4, -0.2) is 50.2 Å². The van der Waals surface area contributed by atoms with E-state index in [0.717, 1.165) is 12.2 Å². The molecule has 0 unspecified atom stereocenters. The number of tetrazole rings is 1. The molecular formula is C8H14N4O3S. The molecule has 1 aromatic heterocycles. The van der Waals surface area contributed by atoms with E-state index in [2.05, 4.69) is 15.5 Å². The Morgan fingerprint density at radius 2 is 2.44 bits per heavy atom. The first-order valence-electron chi connectivity index (χ1n) is 4.92. The number of thioether (sulfide) groups is 1. The Balaban J connectivity index is 2.30. The predicted octanol–water partition coefficient (Wildman–Crippen LogP) is 0.276. The zero-order chi connectivity index (χ0) is 11.8. The fourth-order valence-electron chi connectivity index (χ4n) is 0.996. The van der Waals surface area contributed by atoms with Crippen molar-refractivity contribution in [3.63, 3.8) is 0 Å². The number of hydrogen-bond donors (Lipinski definition) is 1. The highest BCUT2D eigenvalue weighted by molar-refractivity contribution is 7.99. The van der Waals surface area contributed by atoms with Gasteiger partial charge < -0.3 is 9.84 Å². The molecule has 0 aliphatic heterocycles. The molecule has 0 aromatic carbocycles. The van der Waals surface area contributed by atoms with Crippen LogP contribution in [0.3, 0.4) is 0 Å². The molecular weight excluding hydrogens is 232 g/mol. The summed E-state index contributed by atoms with van der Waals surface area (Å²) in [5.74, 6) is -0.150. The first-order chi connectivity index (χ1) is 7.74. The summed E-state index contributed by atoms with van der Waals surface area (Å²) in [7, 11) is 0. The zero-order valence-corrected chi connectivity index (χ0v) is 9.81. The molecule has 0 aliphatic rings. The van der Waals surface area contributed by atoms with Crippen molar-refractivity contribution in [1.29, 1.82) is 0 Å². The van der Waals surface area contributed by atoms with Gasteiger partial charge >= 0.3 is 5.97 Å². The van der Waals surface area contributed by atoms with Gasteiger partial charge in [-0.2, -0.15) is 0 Å². The third-order valence-corrected chi connectivity index (χ3v) is 2.70. The molecule has 0 spiro atoms. The summed E-state index contributed by atoms with van der Waals surface area (Å²) < 4.78 is 6.45. The summed E-state index contributed by atoms with van der Waals surface area (Å²) in [6.07, 6.45) is 0.887. The standard InChI is InChI=1S/C8H14N4O3S/c1-2-15-4-3-5-16-8-9-10-11-12(8)6-7(13)14/h2-6H2,1H3,(H,13,14). The third kappa shape index (κ3) is 4.58. The first-order valence-corrected chi connectivity index (χ1v) is 5.91. The largest absolute Gasteiger partial charge is 0.480 e. The molecule has 0 amide bonds. The van der Waals surface area contributed by atoms with Crippen LogP contribution in [0.2, 0.25) is 0 Å². The molecule has 1 rings (SSSR count). The van der Waals surface area contributed by atoms with E-state index >= 15 is 0 Å². The Kier molecular flexibility index (Phi) is 5.79. The van der Waals surface area contributed by atoms with Gasteiger partial charge in [-0.1, -0.05) is 11.8 Å². The molecule has 1 heterocycles. The number of hydrogen-bond acceptors (Lipinski definition) is 6. The van der Waals surface area contributed by atoms with Crippen LogP contribution in [0, 0.1) is 0 Å². The van der Waals surface area contributed by atoms with Crippen molar-refractivity contribution in [3.8, 4) is 0 Å². The Labute approximate surface area is 97.2 Å². The van der Waals surface area contributed by atoms with E-state index in [1.54, 1.807) is 0 Å². The topological polar surface area (TPSA) is 90.1 Å². The van der Waals surface area contributed by atoms with Crippen molar-refractivity contribution in [2.75, 3.05) is 19.0 Å². The minimum absolute atomic E-state index is 0.208. The Hall–Kier alpha value is -1.15. The molecule has 0 saturated carbocycles. The molecule has 0 radical (unpaired) electrons. The van der Waals surface area contributed by atoms with Crippen molar-refractivity contribution >= 4 is 17.7 Å². The van der Waals surface area contributed by atoms with Crippen LogP contribution in [0.5, 0.6) is 0 Å². The monoisotopic (exact) mass is 246 g/mol.